The van der Waals surface area contributed by atoms with E-state index in [4.69, 9.17) is 0 Å². The maximum Gasteiger partial charge on any atom is 0.416 e. The van der Waals surface area contributed by atoms with Crippen LogP contribution in [0.15, 0.2) is 18.2 Å². The Morgan fingerprint density at radius 3 is 1.80 bits per heavy atom. The first-order valence-electron chi connectivity index (χ1n) is 6.10. The maximum atomic E-state index is 12.7. The lowest BCUT2D eigenvalue weighted by Gasteiger charge is -2.17. The van der Waals surface area contributed by atoms with Gasteiger partial charge in [0.1, 0.15) is 0 Å². The predicted molar refractivity (Wildman–Crippen MR) is 61.0 cm³/mol. The average molecular weight is 297 g/mol. The van der Waals surface area contributed by atoms with Gasteiger partial charge in [0.15, 0.2) is 0 Å². The summed E-state index contributed by atoms with van der Waals surface area (Å²) in [6.07, 6.45) is -9.06. The third-order valence-corrected chi connectivity index (χ3v) is 3.36. The van der Waals surface area contributed by atoms with Crippen LogP contribution in [0, 0.1) is 5.92 Å². The largest absolute Gasteiger partial charge is 0.416 e. The Hall–Kier alpha value is -1.24. The highest BCUT2D eigenvalue weighted by molar-refractivity contribution is 5.35. The highest BCUT2D eigenvalue weighted by atomic mass is 19.4. The van der Waals surface area contributed by atoms with Gasteiger partial charge in [-0.2, -0.15) is 26.3 Å². The Labute approximate surface area is 112 Å². The summed E-state index contributed by atoms with van der Waals surface area (Å²) < 4.78 is 76.3. The molecule has 0 saturated carbocycles. The molecule has 2 unspecified atom stereocenters. The molecule has 1 aliphatic rings. The zero-order valence-electron chi connectivity index (χ0n) is 10.6. The van der Waals surface area contributed by atoms with Crippen molar-refractivity contribution in [2.24, 2.45) is 5.92 Å². The monoisotopic (exact) mass is 297 g/mol. The molecule has 1 saturated heterocycles. The molecule has 1 aliphatic heterocycles. The number of rotatable bonds is 1. The zero-order chi connectivity index (χ0) is 15.1. The van der Waals surface area contributed by atoms with Crippen LogP contribution in [-0.2, 0) is 12.4 Å². The van der Waals surface area contributed by atoms with Crippen molar-refractivity contribution in [3.05, 3.63) is 34.9 Å². The fourth-order valence-corrected chi connectivity index (χ4v) is 2.35. The highest BCUT2D eigenvalue weighted by Crippen LogP contribution is 2.38. The van der Waals surface area contributed by atoms with Gasteiger partial charge in [-0.05, 0) is 42.6 Å². The minimum Gasteiger partial charge on any atom is -0.310 e. The molecule has 1 aromatic rings. The van der Waals surface area contributed by atoms with E-state index in [-0.39, 0.29) is 17.5 Å². The molecule has 1 fully saturated rings. The van der Waals surface area contributed by atoms with Gasteiger partial charge in [-0.25, -0.2) is 0 Å². The second-order valence-corrected chi connectivity index (χ2v) is 5.14. The first-order valence-corrected chi connectivity index (χ1v) is 6.10. The van der Waals surface area contributed by atoms with Crippen molar-refractivity contribution >= 4 is 0 Å². The molecular formula is C13H13F6N. The molecule has 0 aromatic heterocycles. The Balaban J connectivity index is 2.46. The lowest BCUT2D eigenvalue weighted by molar-refractivity contribution is -0.143. The molecule has 112 valence electrons. The standard InChI is InChI=1S/C13H13F6N/c1-7-2-11(20-6-7)8-3-9(12(14,15)16)5-10(4-8)13(17,18)19/h3-5,7,11,20H,2,6H2,1H3. The van der Waals surface area contributed by atoms with Crippen LogP contribution in [0.1, 0.15) is 36.1 Å². The Morgan fingerprint density at radius 2 is 1.45 bits per heavy atom. The second-order valence-electron chi connectivity index (χ2n) is 5.14. The molecule has 20 heavy (non-hydrogen) atoms. The molecule has 0 bridgehead atoms. The van der Waals surface area contributed by atoms with Gasteiger partial charge in [0.2, 0.25) is 0 Å². The fraction of sp³-hybridized carbons (Fsp3) is 0.538. The van der Waals surface area contributed by atoms with Gasteiger partial charge >= 0.3 is 12.4 Å². The van der Waals surface area contributed by atoms with E-state index in [0.29, 0.717) is 13.0 Å². The summed E-state index contributed by atoms with van der Waals surface area (Å²) in [5.41, 5.74) is -2.48. The second kappa shape index (κ2) is 4.95. The lowest BCUT2D eigenvalue weighted by atomic mass is 9.96. The van der Waals surface area contributed by atoms with Crippen LogP contribution in [0.4, 0.5) is 26.3 Å². The summed E-state index contributed by atoms with van der Waals surface area (Å²) in [5, 5.41) is 2.95. The molecule has 1 nitrogen and oxygen atoms in total. The van der Waals surface area contributed by atoms with Gasteiger partial charge in [-0.1, -0.05) is 6.92 Å². The van der Waals surface area contributed by atoms with E-state index < -0.39 is 29.5 Å². The Bertz CT molecular complexity index is 458. The smallest absolute Gasteiger partial charge is 0.310 e. The first kappa shape index (κ1) is 15.2. The molecular weight excluding hydrogens is 284 g/mol. The number of benzene rings is 1. The van der Waals surface area contributed by atoms with E-state index in [1.54, 1.807) is 0 Å². The van der Waals surface area contributed by atoms with E-state index in [1.165, 1.54) is 0 Å². The number of hydrogen-bond donors (Lipinski definition) is 1. The molecule has 2 atom stereocenters. The minimum absolute atomic E-state index is 0.0384. The van der Waals surface area contributed by atoms with Crippen LogP contribution in [0.5, 0.6) is 0 Å². The summed E-state index contributed by atoms with van der Waals surface area (Å²) >= 11 is 0. The van der Waals surface area contributed by atoms with Gasteiger partial charge in [0, 0.05) is 6.04 Å². The first-order chi connectivity index (χ1) is 9.07. The van der Waals surface area contributed by atoms with Gasteiger partial charge < -0.3 is 5.32 Å². The lowest BCUT2D eigenvalue weighted by Crippen LogP contribution is -2.17. The fourth-order valence-electron chi connectivity index (χ4n) is 2.35. The molecule has 1 aromatic carbocycles. The molecule has 7 heteroatoms. The number of hydrogen-bond acceptors (Lipinski definition) is 1. The number of nitrogens with one attached hydrogen (secondary N) is 1. The zero-order valence-corrected chi connectivity index (χ0v) is 10.6. The molecule has 1 N–H and O–H groups in total. The van der Waals surface area contributed by atoms with Crippen molar-refractivity contribution < 1.29 is 26.3 Å². The van der Waals surface area contributed by atoms with Crippen molar-refractivity contribution in [1.29, 1.82) is 0 Å². The molecule has 0 amide bonds. The number of halogens is 6. The normalized spacial score (nSPS) is 24.1. The Morgan fingerprint density at radius 1 is 0.950 bits per heavy atom. The highest BCUT2D eigenvalue weighted by Gasteiger charge is 2.38. The van der Waals surface area contributed by atoms with Crippen molar-refractivity contribution in [3.8, 4) is 0 Å². The SMILES string of the molecule is CC1CNC(c2cc(C(F)(F)F)cc(C(F)(F)F)c2)C1. The summed E-state index contributed by atoms with van der Waals surface area (Å²) in [6, 6.07) is 1.28. The van der Waals surface area contributed by atoms with Crippen molar-refractivity contribution in [1.82, 2.24) is 5.32 Å². The number of alkyl halides is 6. The minimum atomic E-state index is -4.79. The topological polar surface area (TPSA) is 12.0 Å². The van der Waals surface area contributed by atoms with E-state index in [0.717, 1.165) is 12.1 Å². The van der Waals surface area contributed by atoms with Gasteiger partial charge in [-0.3, -0.25) is 0 Å². The molecule has 1 heterocycles. The molecule has 2 rings (SSSR count). The van der Waals surface area contributed by atoms with Crippen molar-refractivity contribution in [3.63, 3.8) is 0 Å². The van der Waals surface area contributed by atoms with E-state index in [1.807, 2.05) is 6.92 Å². The van der Waals surface area contributed by atoms with Crippen LogP contribution in [0.25, 0.3) is 0 Å². The van der Waals surface area contributed by atoms with Crippen LogP contribution in [-0.4, -0.2) is 6.54 Å². The summed E-state index contributed by atoms with van der Waals surface area (Å²) in [4.78, 5) is 0. The molecule has 0 radical (unpaired) electrons. The van der Waals surface area contributed by atoms with Crippen LogP contribution in [0.3, 0.4) is 0 Å². The van der Waals surface area contributed by atoms with Gasteiger partial charge in [0.05, 0.1) is 11.1 Å². The van der Waals surface area contributed by atoms with Crippen LogP contribution >= 0.6 is 0 Å². The van der Waals surface area contributed by atoms with Crippen LogP contribution in [0.2, 0.25) is 0 Å². The predicted octanol–water partition coefficient (Wildman–Crippen LogP) is 4.39. The third-order valence-electron chi connectivity index (χ3n) is 3.36. The summed E-state index contributed by atoms with van der Waals surface area (Å²) in [7, 11) is 0. The van der Waals surface area contributed by atoms with Gasteiger partial charge in [-0.15, -0.1) is 0 Å². The molecule has 0 aliphatic carbocycles. The van der Waals surface area contributed by atoms with Gasteiger partial charge in [0.25, 0.3) is 0 Å². The van der Waals surface area contributed by atoms with Crippen molar-refractivity contribution in [2.45, 2.75) is 31.7 Å². The van der Waals surface area contributed by atoms with E-state index >= 15 is 0 Å². The third kappa shape index (κ3) is 3.26. The maximum absolute atomic E-state index is 12.7. The summed E-state index contributed by atoms with van der Waals surface area (Å²) in [6.45, 7) is 2.48. The Kier molecular flexibility index (Phi) is 3.75. The van der Waals surface area contributed by atoms with E-state index in [2.05, 4.69) is 5.32 Å². The molecule has 0 spiro atoms. The van der Waals surface area contributed by atoms with Crippen molar-refractivity contribution in [2.75, 3.05) is 6.54 Å². The summed E-state index contributed by atoms with van der Waals surface area (Å²) in [5.74, 6) is 0.226. The quantitative estimate of drug-likeness (QED) is 0.758. The van der Waals surface area contributed by atoms with E-state index in [9.17, 15) is 26.3 Å². The average Bonchev–Trinajstić information content (AvgIpc) is 2.73. The van der Waals surface area contributed by atoms with Crippen LogP contribution < -0.4 is 5.32 Å².